The second-order valence-corrected chi connectivity index (χ2v) is 4.71. The SMILES string of the molecule is Cc1ccc(C(F)C2(N)CCCC2)cc1. The maximum Gasteiger partial charge on any atom is 0.143 e. The molecule has 15 heavy (non-hydrogen) atoms. The molecule has 1 nitrogen and oxygen atoms in total. The maximum atomic E-state index is 14.2. The molecular weight excluding hydrogens is 189 g/mol. The largest absolute Gasteiger partial charge is 0.322 e. The van der Waals surface area contributed by atoms with Gasteiger partial charge in [0.2, 0.25) is 0 Å². The Morgan fingerprint density at radius 2 is 1.73 bits per heavy atom. The number of nitrogens with two attached hydrogens (primary N) is 1. The van der Waals surface area contributed by atoms with E-state index in [2.05, 4.69) is 0 Å². The summed E-state index contributed by atoms with van der Waals surface area (Å²) in [6.07, 6.45) is 2.72. The van der Waals surface area contributed by atoms with Crippen molar-refractivity contribution in [2.24, 2.45) is 5.73 Å². The van der Waals surface area contributed by atoms with Crippen LogP contribution in [0.5, 0.6) is 0 Å². The smallest absolute Gasteiger partial charge is 0.143 e. The van der Waals surface area contributed by atoms with Crippen molar-refractivity contribution >= 4 is 0 Å². The molecule has 1 aromatic carbocycles. The van der Waals surface area contributed by atoms with Gasteiger partial charge >= 0.3 is 0 Å². The molecule has 0 aromatic heterocycles. The molecule has 0 aliphatic heterocycles. The molecule has 2 rings (SSSR count). The average molecular weight is 207 g/mol. The molecule has 1 unspecified atom stereocenters. The summed E-state index contributed by atoms with van der Waals surface area (Å²) in [6, 6.07) is 7.60. The Morgan fingerprint density at radius 1 is 1.20 bits per heavy atom. The van der Waals surface area contributed by atoms with Crippen molar-refractivity contribution in [1.29, 1.82) is 0 Å². The van der Waals surface area contributed by atoms with E-state index in [1.54, 1.807) is 0 Å². The summed E-state index contributed by atoms with van der Waals surface area (Å²) in [5, 5.41) is 0. The van der Waals surface area contributed by atoms with Crippen LogP contribution in [0.4, 0.5) is 4.39 Å². The number of rotatable bonds is 2. The molecule has 0 bridgehead atoms. The van der Waals surface area contributed by atoms with E-state index < -0.39 is 11.7 Å². The Morgan fingerprint density at radius 3 is 2.27 bits per heavy atom. The predicted octanol–water partition coefficient (Wildman–Crippen LogP) is 3.28. The molecule has 2 heteroatoms. The number of benzene rings is 1. The van der Waals surface area contributed by atoms with Gasteiger partial charge in [0.15, 0.2) is 0 Å². The molecule has 1 aliphatic rings. The number of alkyl halides is 1. The Hall–Kier alpha value is -0.890. The van der Waals surface area contributed by atoms with Crippen LogP contribution in [0.15, 0.2) is 24.3 Å². The molecule has 1 aromatic rings. The van der Waals surface area contributed by atoms with Crippen molar-refractivity contribution in [3.63, 3.8) is 0 Å². The zero-order chi connectivity index (χ0) is 10.9. The van der Waals surface area contributed by atoms with Gasteiger partial charge in [-0.3, -0.25) is 0 Å². The predicted molar refractivity (Wildman–Crippen MR) is 60.4 cm³/mol. The van der Waals surface area contributed by atoms with E-state index in [0.717, 1.165) is 36.8 Å². The highest BCUT2D eigenvalue weighted by molar-refractivity contribution is 5.26. The lowest BCUT2D eigenvalue weighted by atomic mass is 9.88. The van der Waals surface area contributed by atoms with Gasteiger partial charge in [0.1, 0.15) is 6.17 Å². The Bertz CT molecular complexity index is 325. The molecule has 2 N–H and O–H groups in total. The summed E-state index contributed by atoms with van der Waals surface area (Å²) >= 11 is 0. The molecule has 1 atom stereocenters. The van der Waals surface area contributed by atoms with E-state index in [9.17, 15) is 4.39 Å². The van der Waals surface area contributed by atoms with Crippen molar-refractivity contribution in [2.45, 2.75) is 44.3 Å². The maximum absolute atomic E-state index is 14.2. The second-order valence-electron chi connectivity index (χ2n) is 4.71. The molecule has 0 saturated heterocycles. The lowest BCUT2D eigenvalue weighted by Crippen LogP contribution is -2.41. The van der Waals surface area contributed by atoms with Gasteiger partial charge in [-0.2, -0.15) is 0 Å². The van der Waals surface area contributed by atoms with E-state index in [0.29, 0.717) is 0 Å². The fourth-order valence-corrected chi connectivity index (χ4v) is 2.35. The van der Waals surface area contributed by atoms with Crippen LogP contribution in [-0.2, 0) is 0 Å². The summed E-state index contributed by atoms with van der Waals surface area (Å²) < 4.78 is 14.2. The third kappa shape index (κ3) is 2.05. The van der Waals surface area contributed by atoms with Crippen molar-refractivity contribution in [2.75, 3.05) is 0 Å². The van der Waals surface area contributed by atoms with Gasteiger partial charge < -0.3 is 5.73 Å². The molecule has 0 spiro atoms. The fourth-order valence-electron chi connectivity index (χ4n) is 2.35. The Kier molecular flexibility index (Phi) is 2.79. The van der Waals surface area contributed by atoms with Gasteiger partial charge in [-0.05, 0) is 25.3 Å². The highest BCUT2D eigenvalue weighted by Crippen LogP contribution is 2.40. The fraction of sp³-hybridized carbons (Fsp3) is 0.538. The normalized spacial score (nSPS) is 21.5. The quantitative estimate of drug-likeness (QED) is 0.791. The van der Waals surface area contributed by atoms with Gasteiger partial charge in [0, 0.05) is 0 Å². The highest BCUT2D eigenvalue weighted by atomic mass is 19.1. The lowest BCUT2D eigenvalue weighted by molar-refractivity contribution is 0.194. The highest BCUT2D eigenvalue weighted by Gasteiger charge is 2.38. The van der Waals surface area contributed by atoms with Crippen LogP contribution in [0.1, 0.15) is 43.0 Å². The van der Waals surface area contributed by atoms with E-state index in [1.165, 1.54) is 0 Å². The zero-order valence-electron chi connectivity index (χ0n) is 9.17. The number of aryl methyl sites for hydroxylation is 1. The summed E-state index contributed by atoms with van der Waals surface area (Å²) in [5.41, 5.74) is 7.36. The Labute approximate surface area is 90.5 Å². The first-order chi connectivity index (χ1) is 7.12. The molecule has 0 amide bonds. The molecule has 0 heterocycles. The lowest BCUT2D eigenvalue weighted by Gasteiger charge is -2.28. The van der Waals surface area contributed by atoms with E-state index >= 15 is 0 Å². The second kappa shape index (κ2) is 3.93. The van der Waals surface area contributed by atoms with Crippen LogP contribution in [0.3, 0.4) is 0 Å². The Balaban J connectivity index is 2.19. The van der Waals surface area contributed by atoms with Crippen molar-refractivity contribution in [1.82, 2.24) is 0 Å². The minimum Gasteiger partial charge on any atom is -0.322 e. The number of halogens is 1. The third-order valence-corrected chi connectivity index (χ3v) is 3.41. The molecule has 1 fully saturated rings. The monoisotopic (exact) mass is 207 g/mol. The van der Waals surface area contributed by atoms with Crippen molar-refractivity contribution in [3.8, 4) is 0 Å². The first-order valence-corrected chi connectivity index (χ1v) is 5.61. The summed E-state index contributed by atoms with van der Waals surface area (Å²) in [5.74, 6) is 0. The van der Waals surface area contributed by atoms with Gasteiger partial charge in [-0.1, -0.05) is 42.7 Å². The first kappa shape index (κ1) is 10.6. The van der Waals surface area contributed by atoms with E-state index in [4.69, 9.17) is 5.73 Å². The molecule has 1 saturated carbocycles. The van der Waals surface area contributed by atoms with E-state index in [-0.39, 0.29) is 0 Å². The van der Waals surface area contributed by atoms with Crippen LogP contribution >= 0.6 is 0 Å². The number of hydrogen-bond acceptors (Lipinski definition) is 1. The van der Waals surface area contributed by atoms with Gasteiger partial charge in [0.05, 0.1) is 5.54 Å². The number of hydrogen-bond donors (Lipinski definition) is 1. The van der Waals surface area contributed by atoms with Gasteiger partial charge in [-0.25, -0.2) is 4.39 Å². The van der Waals surface area contributed by atoms with Gasteiger partial charge in [0.25, 0.3) is 0 Å². The first-order valence-electron chi connectivity index (χ1n) is 5.61. The topological polar surface area (TPSA) is 26.0 Å². The van der Waals surface area contributed by atoms with E-state index in [1.807, 2.05) is 31.2 Å². The summed E-state index contributed by atoms with van der Waals surface area (Å²) in [7, 11) is 0. The van der Waals surface area contributed by atoms with Crippen LogP contribution in [0.2, 0.25) is 0 Å². The minimum absolute atomic E-state index is 0.616. The van der Waals surface area contributed by atoms with Crippen molar-refractivity contribution < 1.29 is 4.39 Å². The average Bonchev–Trinajstić information content (AvgIpc) is 2.67. The van der Waals surface area contributed by atoms with Crippen LogP contribution in [-0.4, -0.2) is 5.54 Å². The third-order valence-electron chi connectivity index (χ3n) is 3.41. The summed E-state index contributed by atoms with van der Waals surface area (Å²) in [4.78, 5) is 0. The molecular formula is C13H18FN. The van der Waals surface area contributed by atoms with Crippen molar-refractivity contribution in [3.05, 3.63) is 35.4 Å². The van der Waals surface area contributed by atoms with Gasteiger partial charge in [-0.15, -0.1) is 0 Å². The van der Waals surface area contributed by atoms with Crippen LogP contribution in [0.25, 0.3) is 0 Å². The zero-order valence-corrected chi connectivity index (χ0v) is 9.17. The van der Waals surface area contributed by atoms with Crippen LogP contribution < -0.4 is 5.73 Å². The van der Waals surface area contributed by atoms with Crippen LogP contribution in [0, 0.1) is 6.92 Å². The molecule has 82 valence electrons. The molecule has 0 radical (unpaired) electrons. The standard InChI is InChI=1S/C13H18FN/c1-10-4-6-11(7-5-10)12(14)13(15)8-2-3-9-13/h4-7,12H,2-3,8-9,15H2,1H3. The summed E-state index contributed by atoms with van der Waals surface area (Å²) in [6.45, 7) is 2.00. The minimum atomic E-state index is -1.01. The molecule has 1 aliphatic carbocycles.